The van der Waals surface area contributed by atoms with E-state index < -0.39 is 0 Å². The van der Waals surface area contributed by atoms with Crippen LogP contribution in [0.25, 0.3) is 0 Å². The summed E-state index contributed by atoms with van der Waals surface area (Å²) in [6.45, 7) is 0. The van der Waals surface area contributed by atoms with E-state index in [9.17, 15) is 0 Å². The topological polar surface area (TPSA) is 17.0 Å². The second kappa shape index (κ2) is 3.53. The molecule has 1 saturated carbocycles. The molecule has 0 spiro atoms. The van der Waals surface area contributed by atoms with Gasteiger partial charge in [-0.3, -0.25) is 0 Å². The van der Waals surface area contributed by atoms with Crippen molar-refractivity contribution >= 4 is 11.6 Å². The number of rotatable bonds is 2. The van der Waals surface area contributed by atoms with E-state index >= 15 is 0 Å². The van der Waals surface area contributed by atoms with E-state index in [1.54, 1.807) is 0 Å². The zero-order valence-electron chi connectivity index (χ0n) is 9.09. The normalized spacial score (nSPS) is 25.3. The van der Waals surface area contributed by atoms with Gasteiger partial charge in [-0.2, -0.15) is 0 Å². The van der Waals surface area contributed by atoms with Crippen LogP contribution in [0.3, 0.4) is 0 Å². The Morgan fingerprint density at radius 3 is 2.93 bits per heavy atom. The Bertz CT molecular complexity index is 379. The fourth-order valence-corrected chi connectivity index (χ4v) is 2.82. The highest BCUT2D eigenvalue weighted by atomic mass is 35.5. The Labute approximate surface area is 95.6 Å². The third kappa shape index (κ3) is 1.70. The molecule has 0 radical (unpaired) electrons. The van der Waals surface area contributed by atoms with E-state index in [0.717, 1.165) is 17.6 Å². The van der Waals surface area contributed by atoms with E-state index in [1.807, 2.05) is 7.05 Å². The highest BCUT2D eigenvalue weighted by molar-refractivity contribution is 6.30. The molecule has 1 aromatic heterocycles. The molecule has 0 bridgehead atoms. The quantitative estimate of drug-likeness (QED) is 0.818. The van der Waals surface area contributed by atoms with Crippen molar-refractivity contribution in [1.82, 2.24) is 9.88 Å². The number of aryl methyl sites for hydroxylation is 1. The molecule has 1 unspecified atom stereocenters. The molecule has 15 heavy (non-hydrogen) atoms. The van der Waals surface area contributed by atoms with Gasteiger partial charge in [-0.25, -0.2) is 0 Å². The molecular formula is C12H17ClN2. The average Bonchev–Trinajstić information content (AvgIpc) is 2.98. The van der Waals surface area contributed by atoms with Gasteiger partial charge in [-0.1, -0.05) is 11.6 Å². The third-order valence-electron chi connectivity index (χ3n) is 3.55. The molecule has 1 aromatic rings. The van der Waals surface area contributed by atoms with Gasteiger partial charge in [0, 0.05) is 25.3 Å². The van der Waals surface area contributed by atoms with Crippen LogP contribution in [0.2, 0.25) is 5.15 Å². The maximum absolute atomic E-state index is 6.28. The molecule has 2 aliphatic carbocycles. The van der Waals surface area contributed by atoms with Gasteiger partial charge in [0.15, 0.2) is 0 Å². The lowest BCUT2D eigenvalue weighted by molar-refractivity contribution is 0.459. The highest BCUT2D eigenvalue weighted by Crippen LogP contribution is 2.37. The maximum Gasteiger partial charge on any atom is 0.112 e. The van der Waals surface area contributed by atoms with E-state index in [1.165, 1.54) is 36.8 Å². The van der Waals surface area contributed by atoms with Crippen molar-refractivity contribution in [2.24, 2.45) is 7.05 Å². The first-order valence-electron chi connectivity index (χ1n) is 5.85. The number of nitrogens with one attached hydrogen (secondary N) is 1. The van der Waals surface area contributed by atoms with Crippen LogP contribution < -0.4 is 5.32 Å². The fourth-order valence-electron chi connectivity index (χ4n) is 2.57. The van der Waals surface area contributed by atoms with Crippen molar-refractivity contribution < 1.29 is 0 Å². The van der Waals surface area contributed by atoms with Gasteiger partial charge in [0.1, 0.15) is 5.15 Å². The van der Waals surface area contributed by atoms with Gasteiger partial charge in [0.05, 0.1) is 0 Å². The molecule has 1 heterocycles. The van der Waals surface area contributed by atoms with Crippen LogP contribution >= 0.6 is 11.6 Å². The summed E-state index contributed by atoms with van der Waals surface area (Å²) in [5.74, 6) is 0. The maximum atomic E-state index is 6.28. The summed E-state index contributed by atoms with van der Waals surface area (Å²) in [6.07, 6.45) is 8.60. The lowest BCUT2D eigenvalue weighted by atomic mass is 9.91. The molecule has 0 aromatic carbocycles. The van der Waals surface area contributed by atoms with Gasteiger partial charge in [0.2, 0.25) is 0 Å². The molecule has 2 aliphatic rings. The second-order valence-corrected chi connectivity index (χ2v) is 5.21. The summed E-state index contributed by atoms with van der Waals surface area (Å²) in [4.78, 5) is 0. The molecular weight excluding hydrogens is 208 g/mol. The zero-order chi connectivity index (χ0) is 10.4. The Kier molecular flexibility index (Phi) is 2.29. The Hall–Kier alpha value is -0.470. The Balaban J connectivity index is 1.91. The monoisotopic (exact) mass is 224 g/mol. The van der Waals surface area contributed by atoms with Crippen molar-refractivity contribution in [1.29, 1.82) is 0 Å². The van der Waals surface area contributed by atoms with Crippen LogP contribution in [0.5, 0.6) is 0 Å². The van der Waals surface area contributed by atoms with Crippen molar-refractivity contribution in [2.75, 3.05) is 0 Å². The summed E-state index contributed by atoms with van der Waals surface area (Å²) in [6, 6.07) is 1.33. The number of aromatic nitrogens is 1. The minimum Gasteiger partial charge on any atom is -0.341 e. The van der Waals surface area contributed by atoms with Crippen LogP contribution in [0, 0.1) is 0 Å². The number of hydrogen-bond donors (Lipinski definition) is 1. The number of halogens is 1. The predicted molar refractivity (Wildman–Crippen MR) is 62.3 cm³/mol. The van der Waals surface area contributed by atoms with Gasteiger partial charge < -0.3 is 9.88 Å². The number of nitrogens with zero attached hydrogens (tertiary/aromatic N) is 1. The first-order valence-corrected chi connectivity index (χ1v) is 6.23. The van der Waals surface area contributed by atoms with E-state index in [4.69, 9.17) is 11.6 Å². The van der Waals surface area contributed by atoms with Crippen molar-refractivity contribution in [3.63, 3.8) is 0 Å². The minimum atomic E-state index is 0.556. The molecule has 0 aliphatic heterocycles. The Morgan fingerprint density at radius 2 is 2.20 bits per heavy atom. The SMILES string of the molecule is Cn1cc2c(c1Cl)CCCC2NC1CC1. The zero-order valence-corrected chi connectivity index (χ0v) is 9.85. The van der Waals surface area contributed by atoms with Crippen molar-refractivity contribution in [3.8, 4) is 0 Å². The van der Waals surface area contributed by atoms with E-state index in [0.29, 0.717) is 6.04 Å². The molecule has 3 rings (SSSR count). The molecule has 1 atom stereocenters. The van der Waals surface area contributed by atoms with E-state index in [-0.39, 0.29) is 0 Å². The van der Waals surface area contributed by atoms with Crippen LogP contribution in [0.1, 0.15) is 42.9 Å². The van der Waals surface area contributed by atoms with Crippen molar-refractivity contribution in [2.45, 2.75) is 44.2 Å². The van der Waals surface area contributed by atoms with Gasteiger partial charge >= 0.3 is 0 Å². The Morgan fingerprint density at radius 1 is 1.40 bits per heavy atom. The molecule has 1 fully saturated rings. The minimum absolute atomic E-state index is 0.556. The number of hydrogen-bond acceptors (Lipinski definition) is 1. The standard InChI is InChI=1S/C12H17ClN2/c1-15-7-10-9(12(15)13)3-2-4-11(10)14-8-5-6-8/h7-8,11,14H,2-6H2,1H3. The highest BCUT2D eigenvalue weighted by Gasteiger charge is 2.30. The molecule has 1 N–H and O–H groups in total. The molecule has 3 heteroatoms. The van der Waals surface area contributed by atoms with Crippen LogP contribution in [0.4, 0.5) is 0 Å². The lowest BCUT2D eigenvalue weighted by Crippen LogP contribution is -2.26. The van der Waals surface area contributed by atoms with Crippen LogP contribution in [-0.2, 0) is 13.5 Å². The summed E-state index contributed by atoms with van der Waals surface area (Å²) < 4.78 is 2.05. The average molecular weight is 225 g/mol. The van der Waals surface area contributed by atoms with Crippen LogP contribution in [-0.4, -0.2) is 10.6 Å². The smallest absolute Gasteiger partial charge is 0.112 e. The summed E-state index contributed by atoms with van der Waals surface area (Å²) in [7, 11) is 2.04. The third-order valence-corrected chi connectivity index (χ3v) is 4.04. The molecule has 0 saturated heterocycles. The first kappa shape index (κ1) is 9.73. The summed E-state index contributed by atoms with van der Waals surface area (Å²) in [5.41, 5.74) is 2.82. The first-order chi connectivity index (χ1) is 7.25. The van der Waals surface area contributed by atoms with Crippen molar-refractivity contribution in [3.05, 3.63) is 22.5 Å². The number of fused-ring (bicyclic) bond motifs is 1. The van der Waals surface area contributed by atoms with Gasteiger partial charge in [-0.15, -0.1) is 0 Å². The summed E-state index contributed by atoms with van der Waals surface area (Å²) >= 11 is 6.28. The fraction of sp³-hybridized carbons (Fsp3) is 0.667. The molecule has 2 nitrogen and oxygen atoms in total. The largest absolute Gasteiger partial charge is 0.341 e. The lowest BCUT2D eigenvalue weighted by Gasteiger charge is -2.23. The van der Waals surface area contributed by atoms with Gasteiger partial charge in [0.25, 0.3) is 0 Å². The summed E-state index contributed by atoms with van der Waals surface area (Å²) in [5, 5.41) is 4.65. The molecule has 82 valence electrons. The van der Waals surface area contributed by atoms with Crippen LogP contribution in [0.15, 0.2) is 6.20 Å². The van der Waals surface area contributed by atoms with Gasteiger partial charge in [-0.05, 0) is 43.2 Å². The second-order valence-electron chi connectivity index (χ2n) is 4.85. The molecule has 0 amide bonds. The predicted octanol–water partition coefficient (Wildman–Crippen LogP) is 2.81. The van der Waals surface area contributed by atoms with E-state index in [2.05, 4.69) is 16.1 Å².